The number of aliphatic carboxylic acids is 2. The van der Waals surface area contributed by atoms with Gasteiger partial charge in [0.25, 0.3) is 0 Å². The highest BCUT2D eigenvalue weighted by Crippen LogP contribution is 2.14. The first kappa shape index (κ1) is 22.8. The fraction of sp³-hybridized carbons (Fsp3) is 0.312. The van der Waals surface area contributed by atoms with Gasteiger partial charge in [-0.3, -0.25) is 9.59 Å². The van der Waals surface area contributed by atoms with Crippen molar-refractivity contribution in [2.45, 2.75) is 37.4 Å². The Morgan fingerprint density at radius 2 is 1.37 bits per heavy atom. The predicted octanol–water partition coefficient (Wildman–Crippen LogP) is -0.0989. The minimum Gasteiger partial charge on any atom is -0.480 e. The van der Waals surface area contributed by atoms with E-state index in [2.05, 4.69) is 30.9 Å². The Morgan fingerprint density at radius 1 is 0.933 bits per heavy atom. The SMILES string of the molecule is CC(Nc1nc(NCc2ccc(S(N)(=O)=O)cc2)nc(NC(C)C(=O)O)n1)C(=O)O. The van der Waals surface area contributed by atoms with Gasteiger partial charge in [0, 0.05) is 6.54 Å². The number of nitrogens with zero attached hydrogens (tertiary/aromatic N) is 3. The highest BCUT2D eigenvalue weighted by Gasteiger charge is 2.17. The summed E-state index contributed by atoms with van der Waals surface area (Å²) < 4.78 is 22.6. The first-order chi connectivity index (χ1) is 14.0. The minimum absolute atomic E-state index is 0.0327. The van der Waals surface area contributed by atoms with Crippen LogP contribution >= 0.6 is 0 Å². The number of hydrogen-bond acceptors (Lipinski definition) is 10. The molecule has 1 aromatic carbocycles. The number of rotatable bonds is 10. The van der Waals surface area contributed by atoms with Gasteiger partial charge in [-0.25, -0.2) is 13.6 Å². The molecule has 0 amide bonds. The number of carboxylic acid groups (broad SMARTS) is 2. The lowest BCUT2D eigenvalue weighted by Gasteiger charge is -2.14. The molecular formula is C16H21N7O6S. The molecule has 0 aliphatic carbocycles. The summed E-state index contributed by atoms with van der Waals surface area (Å²) in [6, 6.07) is 3.79. The van der Waals surface area contributed by atoms with Crippen LogP contribution in [0.25, 0.3) is 0 Å². The summed E-state index contributed by atoms with van der Waals surface area (Å²) in [6.45, 7) is 2.97. The smallest absolute Gasteiger partial charge is 0.325 e. The van der Waals surface area contributed by atoms with Gasteiger partial charge in [0.2, 0.25) is 27.9 Å². The van der Waals surface area contributed by atoms with Crippen LogP contribution in [0, 0.1) is 0 Å². The van der Waals surface area contributed by atoms with Gasteiger partial charge < -0.3 is 26.2 Å². The van der Waals surface area contributed by atoms with Crippen LogP contribution in [0.2, 0.25) is 0 Å². The molecule has 0 saturated heterocycles. The molecule has 2 atom stereocenters. The standard InChI is InChI=1S/C16H21N7O6S/c1-8(12(24)25)19-15-21-14(22-16(23-15)20-9(2)13(26)27)18-7-10-3-5-11(6-4-10)30(17,28)29/h3-6,8-9H,7H2,1-2H3,(H,24,25)(H,26,27)(H2,17,28,29)(H3,18,19,20,21,22,23). The van der Waals surface area contributed by atoms with E-state index in [0.717, 1.165) is 0 Å². The van der Waals surface area contributed by atoms with Gasteiger partial charge in [-0.2, -0.15) is 15.0 Å². The van der Waals surface area contributed by atoms with Crippen molar-refractivity contribution in [3.05, 3.63) is 29.8 Å². The Hall–Kier alpha value is -3.52. The van der Waals surface area contributed by atoms with Crippen LogP contribution in [-0.4, -0.2) is 57.6 Å². The average Bonchev–Trinajstić information content (AvgIpc) is 2.65. The third-order valence-corrected chi connectivity index (χ3v) is 4.70. The molecule has 14 heteroatoms. The summed E-state index contributed by atoms with van der Waals surface area (Å²) in [7, 11) is -3.80. The highest BCUT2D eigenvalue weighted by molar-refractivity contribution is 7.89. The summed E-state index contributed by atoms with van der Waals surface area (Å²) in [5.41, 5.74) is 0.685. The average molecular weight is 439 g/mol. The van der Waals surface area contributed by atoms with Gasteiger partial charge in [0.1, 0.15) is 12.1 Å². The van der Waals surface area contributed by atoms with Crippen LogP contribution in [0.1, 0.15) is 19.4 Å². The fourth-order valence-corrected chi connectivity index (χ4v) is 2.59. The number of nitrogens with two attached hydrogens (primary N) is 1. The van der Waals surface area contributed by atoms with Gasteiger partial charge in [0.15, 0.2) is 0 Å². The lowest BCUT2D eigenvalue weighted by Crippen LogP contribution is -2.29. The molecule has 0 saturated carbocycles. The van der Waals surface area contributed by atoms with Gasteiger partial charge in [-0.05, 0) is 31.5 Å². The molecule has 0 aliphatic rings. The van der Waals surface area contributed by atoms with Crippen molar-refractivity contribution >= 4 is 39.8 Å². The fourth-order valence-electron chi connectivity index (χ4n) is 2.07. The number of sulfonamides is 1. The van der Waals surface area contributed by atoms with E-state index in [0.29, 0.717) is 5.56 Å². The van der Waals surface area contributed by atoms with Crippen molar-refractivity contribution < 1.29 is 28.2 Å². The molecule has 30 heavy (non-hydrogen) atoms. The zero-order valence-corrected chi connectivity index (χ0v) is 16.8. The van der Waals surface area contributed by atoms with Crippen molar-refractivity contribution in [1.29, 1.82) is 0 Å². The summed E-state index contributed by atoms with van der Waals surface area (Å²) in [4.78, 5) is 34.2. The van der Waals surface area contributed by atoms with Crippen molar-refractivity contribution in [3.8, 4) is 0 Å². The van der Waals surface area contributed by atoms with E-state index in [1.54, 1.807) is 12.1 Å². The van der Waals surface area contributed by atoms with E-state index in [4.69, 9.17) is 15.4 Å². The van der Waals surface area contributed by atoms with E-state index in [9.17, 15) is 18.0 Å². The number of nitrogens with one attached hydrogen (secondary N) is 3. The molecule has 2 rings (SSSR count). The van der Waals surface area contributed by atoms with Crippen LogP contribution in [0.15, 0.2) is 29.2 Å². The molecule has 1 aromatic heterocycles. The Balaban J connectivity index is 2.21. The van der Waals surface area contributed by atoms with Crippen molar-refractivity contribution in [3.63, 3.8) is 0 Å². The molecule has 162 valence electrons. The maximum Gasteiger partial charge on any atom is 0.325 e. The minimum atomic E-state index is -3.80. The molecule has 0 bridgehead atoms. The number of hydrogen-bond donors (Lipinski definition) is 6. The maximum atomic E-state index is 11.3. The van der Waals surface area contributed by atoms with Crippen molar-refractivity contribution in [1.82, 2.24) is 15.0 Å². The second-order valence-electron chi connectivity index (χ2n) is 6.26. The predicted molar refractivity (Wildman–Crippen MR) is 106 cm³/mol. The van der Waals surface area contributed by atoms with E-state index >= 15 is 0 Å². The summed E-state index contributed by atoms with van der Waals surface area (Å²) in [5.74, 6) is -2.37. The molecule has 2 aromatic rings. The van der Waals surface area contributed by atoms with Gasteiger partial charge in [-0.15, -0.1) is 0 Å². The third kappa shape index (κ3) is 6.52. The quantitative estimate of drug-likeness (QED) is 0.287. The topological polar surface area (TPSA) is 210 Å². The van der Waals surface area contributed by atoms with Crippen molar-refractivity contribution in [2.24, 2.45) is 5.14 Å². The van der Waals surface area contributed by atoms with Crippen LogP contribution in [0.5, 0.6) is 0 Å². The number of benzene rings is 1. The Labute approximate surface area is 171 Å². The Kier molecular flexibility index (Phi) is 7.07. The molecule has 1 heterocycles. The third-order valence-electron chi connectivity index (χ3n) is 3.77. The van der Waals surface area contributed by atoms with Crippen LogP contribution in [0.4, 0.5) is 17.8 Å². The van der Waals surface area contributed by atoms with E-state index in [1.165, 1.54) is 26.0 Å². The molecule has 7 N–H and O–H groups in total. The summed E-state index contributed by atoms with van der Waals surface area (Å²) in [5, 5.41) is 31.2. The van der Waals surface area contributed by atoms with Gasteiger partial charge >= 0.3 is 11.9 Å². The first-order valence-corrected chi connectivity index (χ1v) is 10.1. The molecule has 13 nitrogen and oxygen atoms in total. The monoisotopic (exact) mass is 439 g/mol. The molecular weight excluding hydrogens is 418 g/mol. The zero-order chi connectivity index (χ0) is 22.5. The van der Waals surface area contributed by atoms with E-state index < -0.39 is 34.0 Å². The van der Waals surface area contributed by atoms with Gasteiger partial charge in [0.05, 0.1) is 4.90 Å². The second-order valence-corrected chi connectivity index (χ2v) is 7.82. The maximum absolute atomic E-state index is 11.3. The molecule has 0 radical (unpaired) electrons. The summed E-state index contributed by atoms with van der Waals surface area (Å²) in [6.07, 6.45) is 0. The van der Waals surface area contributed by atoms with Crippen LogP contribution in [-0.2, 0) is 26.2 Å². The van der Waals surface area contributed by atoms with E-state index in [-0.39, 0.29) is 29.3 Å². The Morgan fingerprint density at radius 3 is 1.77 bits per heavy atom. The molecule has 2 unspecified atom stereocenters. The normalized spacial score (nSPS) is 13.2. The lowest BCUT2D eigenvalue weighted by atomic mass is 10.2. The molecule has 0 fully saturated rings. The van der Waals surface area contributed by atoms with Crippen LogP contribution in [0.3, 0.4) is 0 Å². The zero-order valence-electron chi connectivity index (χ0n) is 16.0. The number of carbonyl (C=O) groups is 2. The number of aromatic nitrogens is 3. The number of primary sulfonamides is 1. The second kappa shape index (κ2) is 9.32. The Bertz CT molecular complexity index is 989. The first-order valence-electron chi connectivity index (χ1n) is 8.56. The summed E-state index contributed by atoms with van der Waals surface area (Å²) >= 11 is 0. The van der Waals surface area contributed by atoms with Gasteiger partial charge in [-0.1, -0.05) is 12.1 Å². The molecule has 0 aliphatic heterocycles. The molecule has 0 spiro atoms. The number of carboxylic acids is 2. The highest BCUT2D eigenvalue weighted by atomic mass is 32.2. The largest absolute Gasteiger partial charge is 0.480 e. The van der Waals surface area contributed by atoms with Crippen LogP contribution < -0.4 is 21.1 Å². The van der Waals surface area contributed by atoms with Crippen molar-refractivity contribution in [2.75, 3.05) is 16.0 Å². The lowest BCUT2D eigenvalue weighted by molar-refractivity contribution is -0.138. The van der Waals surface area contributed by atoms with E-state index in [1.807, 2.05) is 0 Å². The number of anilines is 3.